The number of benzene rings is 1. The lowest BCUT2D eigenvalue weighted by Crippen LogP contribution is -2.42. The maximum absolute atomic E-state index is 12.6. The van der Waals surface area contributed by atoms with E-state index < -0.39 is 0 Å². The van der Waals surface area contributed by atoms with E-state index >= 15 is 0 Å². The third-order valence-corrected chi connectivity index (χ3v) is 5.40. The number of carbonyl (C=O) groups excluding carboxylic acids is 1. The van der Waals surface area contributed by atoms with Gasteiger partial charge in [0.05, 0.1) is 12.6 Å². The van der Waals surface area contributed by atoms with Gasteiger partial charge in [0.2, 0.25) is 5.91 Å². The van der Waals surface area contributed by atoms with Gasteiger partial charge in [-0.2, -0.15) is 0 Å². The highest BCUT2D eigenvalue weighted by atomic mass is 32.2. The van der Waals surface area contributed by atoms with Gasteiger partial charge >= 0.3 is 0 Å². The Labute approximate surface area is 160 Å². The molecule has 1 aliphatic rings. The first-order valence-electron chi connectivity index (χ1n) is 9.20. The SMILES string of the molecule is CC(C)Sc1ccc(CC(=O)N2CCC(Oc3cccnc3)CC2)cc1. The maximum atomic E-state index is 12.6. The summed E-state index contributed by atoms with van der Waals surface area (Å²) in [7, 11) is 0. The molecular formula is C21H26N2O2S. The van der Waals surface area contributed by atoms with Crippen LogP contribution in [0.4, 0.5) is 0 Å². The van der Waals surface area contributed by atoms with E-state index in [1.165, 1.54) is 4.90 Å². The minimum atomic E-state index is 0.163. The van der Waals surface area contributed by atoms with Crippen LogP contribution in [0, 0.1) is 0 Å². The Bertz CT molecular complexity index is 696. The average Bonchev–Trinajstić information content (AvgIpc) is 2.64. The summed E-state index contributed by atoms with van der Waals surface area (Å²) in [6.45, 7) is 5.88. The lowest BCUT2D eigenvalue weighted by atomic mass is 10.1. The largest absolute Gasteiger partial charge is 0.489 e. The van der Waals surface area contributed by atoms with Crippen molar-refractivity contribution in [3.05, 3.63) is 54.4 Å². The summed E-state index contributed by atoms with van der Waals surface area (Å²) >= 11 is 1.84. The van der Waals surface area contributed by atoms with Gasteiger partial charge in [-0.25, -0.2) is 0 Å². The molecule has 0 aliphatic carbocycles. The van der Waals surface area contributed by atoms with Gasteiger partial charge in [0.1, 0.15) is 11.9 Å². The van der Waals surface area contributed by atoms with Crippen LogP contribution < -0.4 is 4.74 Å². The molecule has 1 aromatic heterocycles. The Morgan fingerprint density at radius 2 is 1.96 bits per heavy atom. The van der Waals surface area contributed by atoms with Crippen LogP contribution in [-0.2, 0) is 11.2 Å². The Hall–Kier alpha value is -2.01. The van der Waals surface area contributed by atoms with E-state index in [1.54, 1.807) is 12.4 Å². The fraction of sp³-hybridized carbons (Fsp3) is 0.429. The molecule has 1 aromatic carbocycles. The summed E-state index contributed by atoms with van der Waals surface area (Å²) in [4.78, 5) is 19.8. The fourth-order valence-electron chi connectivity index (χ4n) is 3.08. The van der Waals surface area contributed by atoms with E-state index in [1.807, 2.05) is 28.8 Å². The van der Waals surface area contributed by atoms with E-state index in [0.717, 1.165) is 37.2 Å². The lowest BCUT2D eigenvalue weighted by molar-refractivity contribution is -0.132. The van der Waals surface area contributed by atoms with Crippen LogP contribution in [0.3, 0.4) is 0 Å². The van der Waals surface area contributed by atoms with Crippen molar-refractivity contribution in [3.8, 4) is 5.75 Å². The summed E-state index contributed by atoms with van der Waals surface area (Å²) in [5, 5.41) is 0.567. The molecule has 0 unspecified atom stereocenters. The first kappa shape index (κ1) is 18.8. The minimum Gasteiger partial charge on any atom is -0.489 e. The summed E-state index contributed by atoms with van der Waals surface area (Å²) in [6.07, 6.45) is 5.84. The minimum absolute atomic E-state index is 0.163. The van der Waals surface area contributed by atoms with Crippen LogP contribution >= 0.6 is 11.8 Å². The van der Waals surface area contributed by atoms with Crippen molar-refractivity contribution in [1.82, 2.24) is 9.88 Å². The van der Waals surface area contributed by atoms with Crippen molar-refractivity contribution in [2.24, 2.45) is 0 Å². The van der Waals surface area contributed by atoms with Crippen LogP contribution in [0.2, 0.25) is 0 Å². The normalized spacial score (nSPS) is 15.3. The predicted molar refractivity (Wildman–Crippen MR) is 106 cm³/mol. The molecular weight excluding hydrogens is 344 g/mol. The number of aromatic nitrogens is 1. The topological polar surface area (TPSA) is 42.4 Å². The summed E-state index contributed by atoms with van der Waals surface area (Å²) in [5.41, 5.74) is 1.08. The van der Waals surface area contributed by atoms with Crippen molar-refractivity contribution in [1.29, 1.82) is 0 Å². The second kappa shape index (κ2) is 9.08. The first-order valence-corrected chi connectivity index (χ1v) is 10.1. The zero-order valence-electron chi connectivity index (χ0n) is 15.4. The fourth-order valence-corrected chi connectivity index (χ4v) is 3.91. The second-order valence-electron chi connectivity index (χ2n) is 6.87. The molecule has 0 bridgehead atoms. The number of amides is 1. The summed E-state index contributed by atoms with van der Waals surface area (Å²) in [5.74, 6) is 1.01. The number of pyridine rings is 1. The van der Waals surface area contributed by atoms with Crippen molar-refractivity contribution < 1.29 is 9.53 Å². The average molecular weight is 371 g/mol. The third kappa shape index (κ3) is 5.49. The van der Waals surface area contributed by atoms with Crippen molar-refractivity contribution in [3.63, 3.8) is 0 Å². The van der Waals surface area contributed by atoms with Crippen LogP contribution in [0.1, 0.15) is 32.3 Å². The molecule has 1 aliphatic heterocycles. The van der Waals surface area contributed by atoms with Gasteiger partial charge in [0.15, 0.2) is 0 Å². The van der Waals surface area contributed by atoms with E-state index in [2.05, 4.69) is 43.1 Å². The highest BCUT2D eigenvalue weighted by Crippen LogP contribution is 2.23. The summed E-state index contributed by atoms with van der Waals surface area (Å²) in [6, 6.07) is 12.2. The van der Waals surface area contributed by atoms with Crippen LogP contribution in [0.5, 0.6) is 5.75 Å². The standard InChI is InChI=1S/C21H26N2O2S/c1-16(2)26-20-7-5-17(6-8-20)14-21(24)23-12-9-18(10-13-23)25-19-4-3-11-22-15-19/h3-8,11,15-16,18H,9-10,12-14H2,1-2H3. The second-order valence-corrected chi connectivity index (χ2v) is 8.52. The number of hydrogen-bond donors (Lipinski definition) is 0. The van der Waals surface area contributed by atoms with Gasteiger partial charge < -0.3 is 9.64 Å². The highest BCUT2D eigenvalue weighted by molar-refractivity contribution is 7.99. The highest BCUT2D eigenvalue weighted by Gasteiger charge is 2.24. The molecule has 0 N–H and O–H groups in total. The molecule has 2 heterocycles. The van der Waals surface area contributed by atoms with Crippen LogP contribution in [0.25, 0.3) is 0 Å². The number of piperidine rings is 1. The zero-order chi connectivity index (χ0) is 18.4. The van der Waals surface area contributed by atoms with E-state index in [-0.39, 0.29) is 12.0 Å². The maximum Gasteiger partial charge on any atom is 0.226 e. The molecule has 0 saturated carbocycles. The van der Waals surface area contributed by atoms with Crippen LogP contribution in [0.15, 0.2) is 53.7 Å². The number of ether oxygens (including phenoxy) is 1. The molecule has 26 heavy (non-hydrogen) atoms. The molecule has 4 nitrogen and oxygen atoms in total. The van der Waals surface area contributed by atoms with Gasteiger partial charge in [-0.1, -0.05) is 26.0 Å². The number of rotatable bonds is 6. The Kier molecular flexibility index (Phi) is 6.56. The van der Waals surface area contributed by atoms with Gasteiger partial charge in [-0.3, -0.25) is 9.78 Å². The molecule has 0 spiro atoms. The Balaban J connectivity index is 1.46. The number of thioether (sulfide) groups is 1. The molecule has 2 aromatic rings. The van der Waals surface area contributed by atoms with Crippen molar-refractivity contribution in [2.75, 3.05) is 13.1 Å². The molecule has 5 heteroatoms. The van der Waals surface area contributed by atoms with Gasteiger partial charge in [-0.15, -0.1) is 11.8 Å². The predicted octanol–water partition coefficient (Wildman–Crippen LogP) is 4.19. The number of carbonyl (C=O) groups is 1. The first-order chi connectivity index (χ1) is 12.6. The zero-order valence-corrected chi connectivity index (χ0v) is 16.2. The van der Waals surface area contributed by atoms with E-state index in [4.69, 9.17) is 4.74 Å². The molecule has 138 valence electrons. The molecule has 0 atom stereocenters. The van der Waals surface area contributed by atoms with Gasteiger partial charge in [0.25, 0.3) is 0 Å². The molecule has 0 radical (unpaired) electrons. The summed E-state index contributed by atoms with van der Waals surface area (Å²) < 4.78 is 5.94. The molecule has 3 rings (SSSR count). The van der Waals surface area contributed by atoms with Gasteiger partial charge in [0, 0.05) is 42.3 Å². The number of hydrogen-bond acceptors (Lipinski definition) is 4. The number of nitrogens with zero attached hydrogens (tertiary/aromatic N) is 2. The molecule has 1 saturated heterocycles. The Morgan fingerprint density at radius 3 is 2.58 bits per heavy atom. The van der Waals surface area contributed by atoms with E-state index in [0.29, 0.717) is 11.7 Å². The quantitative estimate of drug-likeness (QED) is 0.715. The monoisotopic (exact) mass is 370 g/mol. The smallest absolute Gasteiger partial charge is 0.226 e. The van der Waals surface area contributed by atoms with Crippen molar-refractivity contribution in [2.45, 2.75) is 49.4 Å². The van der Waals surface area contributed by atoms with Crippen molar-refractivity contribution >= 4 is 17.7 Å². The van der Waals surface area contributed by atoms with E-state index in [9.17, 15) is 4.79 Å². The molecule has 1 fully saturated rings. The lowest BCUT2D eigenvalue weighted by Gasteiger charge is -2.32. The molecule has 1 amide bonds. The number of likely N-dealkylation sites (tertiary alicyclic amines) is 1. The Morgan fingerprint density at radius 1 is 1.23 bits per heavy atom. The van der Waals surface area contributed by atoms with Crippen LogP contribution in [-0.4, -0.2) is 40.2 Å². The van der Waals surface area contributed by atoms with Gasteiger partial charge in [-0.05, 0) is 29.8 Å². The third-order valence-electron chi connectivity index (χ3n) is 4.38.